The molecule has 0 aromatic carbocycles. The van der Waals surface area contributed by atoms with Gasteiger partial charge in [-0.3, -0.25) is 4.90 Å². The smallest absolute Gasteiger partial charge is 0.0730 e. The second-order valence-corrected chi connectivity index (χ2v) is 7.99. The minimum atomic E-state index is 0.183. The molecule has 0 bridgehead atoms. The summed E-state index contributed by atoms with van der Waals surface area (Å²) in [6.07, 6.45) is 7.63. The molecule has 3 rings (SSSR count). The predicted molar refractivity (Wildman–Crippen MR) is 84.6 cm³/mol. The molecule has 1 aliphatic carbocycles. The van der Waals surface area contributed by atoms with Crippen LogP contribution in [0.1, 0.15) is 52.9 Å². The number of hydrogen-bond donors (Lipinski definition) is 1. The van der Waals surface area contributed by atoms with E-state index in [1.165, 1.54) is 32.1 Å². The Morgan fingerprint density at radius 1 is 1.10 bits per heavy atom. The van der Waals surface area contributed by atoms with Crippen LogP contribution in [0, 0.1) is 0 Å². The number of hydrogen-bond acceptors (Lipinski definition) is 4. The van der Waals surface area contributed by atoms with Crippen LogP contribution in [0.5, 0.6) is 0 Å². The van der Waals surface area contributed by atoms with Crippen molar-refractivity contribution in [2.24, 2.45) is 0 Å². The summed E-state index contributed by atoms with van der Waals surface area (Å²) in [5, 5.41) is 3.57. The Morgan fingerprint density at radius 2 is 1.90 bits per heavy atom. The van der Waals surface area contributed by atoms with Gasteiger partial charge in [-0.2, -0.15) is 0 Å². The van der Waals surface area contributed by atoms with Gasteiger partial charge in [0.1, 0.15) is 0 Å². The van der Waals surface area contributed by atoms with Crippen molar-refractivity contribution in [3.63, 3.8) is 0 Å². The second kappa shape index (κ2) is 6.53. The van der Waals surface area contributed by atoms with Gasteiger partial charge >= 0.3 is 0 Å². The summed E-state index contributed by atoms with van der Waals surface area (Å²) in [6, 6.07) is 0.661. The number of nitrogens with zero attached hydrogens (tertiary/aromatic N) is 1. The second-order valence-electron chi connectivity index (χ2n) is 7.99. The van der Waals surface area contributed by atoms with Crippen molar-refractivity contribution in [1.29, 1.82) is 0 Å². The molecule has 1 saturated carbocycles. The van der Waals surface area contributed by atoms with Gasteiger partial charge in [-0.1, -0.05) is 0 Å². The van der Waals surface area contributed by atoms with Crippen LogP contribution in [0.4, 0.5) is 0 Å². The normalized spacial score (nSPS) is 37.9. The SMILES string of the molecule is CC(C)(C)NCC1CCC(CN2CCOC3CCCC32)O1. The molecule has 2 saturated heterocycles. The summed E-state index contributed by atoms with van der Waals surface area (Å²) in [5.41, 5.74) is 0.183. The topological polar surface area (TPSA) is 33.7 Å². The van der Waals surface area contributed by atoms with Gasteiger partial charge < -0.3 is 14.8 Å². The Morgan fingerprint density at radius 3 is 2.71 bits per heavy atom. The van der Waals surface area contributed by atoms with Gasteiger partial charge in [0.15, 0.2) is 0 Å². The maximum atomic E-state index is 6.26. The zero-order valence-corrected chi connectivity index (χ0v) is 13.9. The van der Waals surface area contributed by atoms with Crippen LogP contribution in [-0.2, 0) is 9.47 Å². The lowest BCUT2D eigenvalue weighted by Gasteiger charge is -2.38. The third kappa shape index (κ3) is 4.19. The van der Waals surface area contributed by atoms with Crippen LogP contribution >= 0.6 is 0 Å². The van der Waals surface area contributed by atoms with Crippen molar-refractivity contribution in [1.82, 2.24) is 10.2 Å². The third-order valence-electron chi connectivity index (χ3n) is 5.09. The molecule has 2 heterocycles. The van der Waals surface area contributed by atoms with Crippen molar-refractivity contribution >= 4 is 0 Å². The summed E-state index contributed by atoms with van der Waals surface area (Å²) >= 11 is 0. The van der Waals surface area contributed by atoms with Crippen LogP contribution in [0.2, 0.25) is 0 Å². The van der Waals surface area contributed by atoms with E-state index in [4.69, 9.17) is 9.47 Å². The maximum absolute atomic E-state index is 6.26. The molecule has 3 aliphatic rings. The van der Waals surface area contributed by atoms with Crippen molar-refractivity contribution in [2.75, 3.05) is 26.2 Å². The van der Waals surface area contributed by atoms with E-state index < -0.39 is 0 Å². The molecular formula is C17H32N2O2. The van der Waals surface area contributed by atoms with Gasteiger partial charge in [0.05, 0.1) is 24.9 Å². The average molecular weight is 296 g/mol. The van der Waals surface area contributed by atoms with E-state index >= 15 is 0 Å². The maximum Gasteiger partial charge on any atom is 0.0730 e. The van der Waals surface area contributed by atoms with Crippen LogP contribution < -0.4 is 5.32 Å². The van der Waals surface area contributed by atoms with Crippen LogP contribution in [0.15, 0.2) is 0 Å². The summed E-state index contributed by atoms with van der Waals surface area (Å²) < 4.78 is 12.2. The van der Waals surface area contributed by atoms with Gasteiger partial charge in [0, 0.05) is 31.2 Å². The predicted octanol–water partition coefficient (Wildman–Crippen LogP) is 2.18. The fourth-order valence-corrected chi connectivity index (χ4v) is 3.98. The average Bonchev–Trinajstić information content (AvgIpc) is 3.04. The standard InChI is InChI=1S/C17H32N2O2/c1-17(2,3)18-11-13-7-8-14(21-13)12-19-9-10-20-16-6-4-5-15(16)19/h13-16,18H,4-12H2,1-3H3. The number of fused-ring (bicyclic) bond motifs is 1. The van der Waals surface area contributed by atoms with Crippen molar-refractivity contribution in [3.05, 3.63) is 0 Å². The van der Waals surface area contributed by atoms with Crippen molar-refractivity contribution < 1.29 is 9.47 Å². The Hall–Kier alpha value is -0.160. The molecule has 4 nitrogen and oxygen atoms in total. The first-order valence-corrected chi connectivity index (χ1v) is 8.77. The summed E-state index contributed by atoms with van der Waals surface area (Å²) in [4.78, 5) is 2.64. The highest BCUT2D eigenvalue weighted by atomic mass is 16.5. The van der Waals surface area contributed by atoms with Gasteiger partial charge in [-0.25, -0.2) is 0 Å². The highest BCUT2D eigenvalue weighted by Gasteiger charge is 2.38. The van der Waals surface area contributed by atoms with Crippen molar-refractivity contribution in [3.8, 4) is 0 Å². The fraction of sp³-hybridized carbons (Fsp3) is 1.00. The third-order valence-corrected chi connectivity index (χ3v) is 5.09. The molecule has 0 amide bonds. The molecule has 122 valence electrons. The van der Waals surface area contributed by atoms with E-state index in [9.17, 15) is 0 Å². The van der Waals surface area contributed by atoms with E-state index in [2.05, 4.69) is 31.0 Å². The summed E-state index contributed by atoms with van der Waals surface area (Å²) in [7, 11) is 0. The van der Waals surface area contributed by atoms with E-state index in [1.807, 2.05) is 0 Å². The highest BCUT2D eigenvalue weighted by molar-refractivity contribution is 4.91. The molecule has 0 aromatic heterocycles. The number of ether oxygens (including phenoxy) is 2. The minimum Gasteiger partial charge on any atom is -0.375 e. The van der Waals surface area contributed by atoms with Gasteiger partial charge in [0.2, 0.25) is 0 Å². The first-order chi connectivity index (χ1) is 10.0. The molecule has 0 radical (unpaired) electrons. The van der Waals surface area contributed by atoms with Gasteiger partial charge in [-0.05, 0) is 52.9 Å². The molecule has 4 heteroatoms. The van der Waals surface area contributed by atoms with E-state index in [0.29, 0.717) is 24.4 Å². The minimum absolute atomic E-state index is 0.183. The number of rotatable bonds is 4. The molecular weight excluding hydrogens is 264 g/mol. The molecule has 1 N–H and O–H groups in total. The zero-order chi connectivity index (χ0) is 14.9. The quantitative estimate of drug-likeness (QED) is 0.862. The van der Waals surface area contributed by atoms with Crippen LogP contribution in [-0.4, -0.2) is 61.0 Å². The largest absolute Gasteiger partial charge is 0.375 e. The fourth-order valence-electron chi connectivity index (χ4n) is 3.98. The summed E-state index contributed by atoms with van der Waals surface area (Å²) in [6.45, 7) is 10.7. The molecule has 21 heavy (non-hydrogen) atoms. The number of morpholine rings is 1. The Labute approximate surface area is 129 Å². The van der Waals surface area contributed by atoms with E-state index in [1.54, 1.807) is 0 Å². The van der Waals surface area contributed by atoms with Gasteiger partial charge in [0.25, 0.3) is 0 Å². The molecule has 0 aromatic rings. The van der Waals surface area contributed by atoms with Crippen LogP contribution in [0.3, 0.4) is 0 Å². The van der Waals surface area contributed by atoms with E-state index in [-0.39, 0.29) is 5.54 Å². The highest BCUT2D eigenvalue weighted by Crippen LogP contribution is 2.31. The Balaban J connectivity index is 1.44. The van der Waals surface area contributed by atoms with E-state index in [0.717, 1.165) is 26.2 Å². The molecule has 3 fully saturated rings. The van der Waals surface area contributed by atoms with Gasteiger partial charge in [-0.15, -0.1) is 0 Å². The lowest BCUT2D eigenvalue weighted by molar-refractivity contribution is -0.0741. The number of nitrogens with one attached hydrogen (secondary N) is 1. The van der Waals surface area contributed by atoms with Crippen molar-refractivity contribution in [2.45, 2.75) is 82.8 Å². The molecule has 4 unspecified atom stereocenters. The lowest BCUT2D eigenvalue weighted by Crippen LogP contribution is -2.51. The lowest BCUT2D eigenvalue weighted by atomic mass is 10.1. The molecule has 2 aliphatic heterocycles. The zero-order valence-electron chi connectivity index (χ0n) is 13.9. The summed E-state index contributed by atoms with van der Waals surface area (Å²) in [5.74, 6) is 0. The van der Waals surface area contributed by atoms with Crippen LogP contribution in [0.25, 0.3) is 0 Å². The Kier molecular flexibility index (Phi) is 4.89. The first kappa shape index (κ1) is 15.7. The first-order valence-electron chi connectivity index (χ1n) is 8.77. The molecule has 4 atom stereocenters. The monoisotopic (exact) mass is 296 g/mol. The Bertz CT molecular complexity index is 342. The molecule has 0 spiro atoms.